The van der Waals surface area contributed by atoms with Gasteiger partial charge >= 0.3 is 0 Å². The minimum atomic E-state index is -0.218. The Kier molecular flexibility index (Phi) is 7.30. The minimum Gasteiger partial charge on any atom is -0.392 e. The van der Waals surface area contributed by atoms with Gasteiger partial charge in [0.1, 0.15) is 4.88 Å². The highest BCUT2D eigenvalue weighted by atomic mass is 32.1. The van der Waals surface area contributed by atoms with Crippen molar-refractivity contribution in [1.82, 2.24) is 15.6 Å². The number of carbonyl (C=O) groups excluding carboxylic acids is 2. The molecule has 3 aromatic carbocycles. The van der Waals surface area contributed by atoms with Crippen molar-refractivity contribution in [3.63, 3.8) is 0 Å². The van der Waals surface area contributed by atoms with Crippen LogP contribution in [0.3, 0.4) is 0 Å². The van der Waals surface area contributed by atoms with E-state index in [1.165, 1.54) is 11.3 Å². The second-order valence-corrected chi connectivity index (χ2v) is 10.1. The van der Waals surface area contributed by atoms with Crippen LogP contribution in [0, 0.1) is 6.92 Å². The fourth-order valence-electron chi connectivity index (χ4n) is 3.86. The molecule has 1 saturated carbocycles. The van der Waals surface area contributed by atoms with Crippen LogP contribution < -0.4 is 16.0 Å². The molecule has 0 saturated heterocycles. The first-order valence-corrected chi connectivity index (χ1v) is 13.0. The highest BCUT2D eigenvalue weighted by Gasteiger charge is 2.24. The van der Waals surface area contributed by atoms with E-state index in [2.05, 4.69) is 16.0 Å². The summed E-state index contributed by atoms with van der Waals surface area (Å²) in [6.07, 6.45) is 2.05. The molecule has 37 heavy (non-hydrogen) atoms. The molecule has 7 nitrogen and oxygen atoms in total. The van der Waals surface area contributed by atoms with E-state index in [0.29, 0.717) is 27.8 Å². The second-order valence-electron chi connectivity index (χ2n) is 9.12. The lowest BCUT2D eigenvalue weighted by atomic mass is 10.1. The van der Waals surface area contributed by atoms with Gasteiger partial charge in [0.05, 0.1) is 12.3 Å². The molecule has 0 aliphatic heterocycles. The van der Waals surface area contributed by atoms with Crippen molar-refractivity contribution in [2.45, 2.75) is 39.0 Å². The van der Waals surface area contributed by atoms with Crippen molar-refractivity contribution in [1.29, 1.82) is 0 Å². The van der Waals surface area contributed by atoms with Gasteiger partial charge in [-0.3, -0.25) is 9.59 Å². The van der Waals surface area contributed by atoms with Crippen molar-refractivity contribution in [3.05, 3.63) is 99.9 Å². The molecule has 2 amide bonds. The van der Waals surface area contributed by atoms with Gasteiger partial charge in [-0.2, -0.15) is 0 Å². The fraction of sp³-hybridized carbons (Fsp3) is 0.207. The van der Waals surface area contributed by atoms with Crippen LogP contribution in [-0.4, -0.2) is 27.9 Å². The third kappa shape index (κ3) is 6.04. The molecule has 4 aromatic rings. The van der Waals surface area contributed by atoms with Crippen molar-refractivity contribution < 1.29 is 14.7 Å². The van der Waals surface area contributed by atoms with E-state index in [0.717, 1.165) is 40.8 Å². The Balaban J connectivity index is 1.43. The number of thiazole rings is 1. The summed E-state index contributed by atoms with van der Waals surface area (Å²) in [5.41, 5.74) is 5.42. The number of aryl methyl sites for hydroxylation is 1. The number of carbonyl (C=O) groups is 2. The zero-order chi connectivity index (χ0) is 25.8. The van der Waals surface area contributed by atoms with E-state index in [4.69, 9.17) is 4.98 Å². The summed E-state index contributed by atoms with van der Waals surface area (Å²) in [4.78, 5) is 31.1. The molecule has 0 radical (unpaired) electrons. The Morgan fingerprint density at radius 2 is 1.73 bits per heavy atom. The number of hydrogen-bond donors (Lipinski definition) is 4. The second kappa shape index (κ2) is 10.9. The number of hydrogen-bond acceptors (Lipinski definition) is 6. The maximum atomic E-state index is 13.3. The quantitative estimate of drug-likeness (QED) is 0.248. The van der Waals surface area contributed by atoms with E-state index in [1.807, 2.05) is 79.7 Å². The molecule has 0 bridgehead atoms. The number of aromatic nitrogens is 1. The number of aliphatic hydroxyl groups is 1. The van der Waals surface area contributed by atoms with Crippen LogP contribution in [0.4, 0.5) is 10.8 Å². The van der Waals surface area contributed by atoms with Gasteiger partial charge in [0.25, 0.3) is 11.8 Å². The van der Waals surface area contributed by atoms with Gasteiger partial charge in [-0.15, -0.1) is 0 Å². The topological polar surface area (TPSA) is 103 Å². The maximum Gasteiger partial charge on any atom is 0.264 e. The number of benzene rings is 3. The summed E-state index contributed by atoms with van der Waals surface area (Å²) >= 11 is 1.26. The number of nitrogens with zero attached hydrogens (tertiary/aromatic N) is 1. The molecule has 1 heterocycles. The summed E-state index contributed by atoms with van der Waals surface area (Å²) in [5.74, 6) is -0.305. The maximum absolute atomic E-state index is 13.3. The van der Waals surface area contributed by atoms with Gasteiger partial charge in [-0.05, 0) is 48.6 Å². The summed E-state index contributed by atoms with van der Waals surface area (Å²) in [7, 11) is 0. The Hall–Kier alpha value is -4.01. The van der Waals surface area contributed by atoms with Crippen molar-refractivity contribution >= 4 is 34.0 Å². The van der Waals surface area contributed by atoms with E-state index >= 15 is 0 Å². The van der Waals surface area contributed by atoms with Gasteiger partial charge in [0.15, 0.2) is 5.13 Å². The lowest BCUT2D eigenvalue weighted by molar-refractivity contribution is 0.0944. The number of aliphatic hydroxyl groups excluding tert-OH is 1. The van der Waals surface area contributed by atoms with E-state index < -0.39 is 0 Å². The van der Waals surface area contributed by atoms with Crippen LogP contribution in [-0.2, 0) is 13.2 Å². The van der Waals surface area contributed by atoms with Crippen LogP contribution in [0.15, 0.2) is 72.8 Å². The van der Waals surface area contributed by atoms with Crippen LogP contribution in [0.1, 0.15) is 49.6 Å². The van der Waals surface area contributed by atoms with Crippen molar-refractivity contribution in [2.75, 3.05) is 5.32 Å². The molecule has 1 fully saturated rings. The van der Waals surface area contributed by atoms with Crippen molar-refractivity contribution in [2.24, 2.45) is 0 Å². The van der Waals surface area contributed by atoms with Gasteiger partial charge in [-0.1, -0.05) is 72.0 Å². The fourth-order valence-corrected chi connectivity index (χ4v) is 4.78. The molecule has 0 atom stereocenters. The zero-order valence-electron chi connectivity index (χ0n) is 20.5. The lowest BCUT2D eigenvalue weighted by Crippen LogP contribution is -2.25. The largest absolute Gasteiger partial charge is 0.392 e. The van der Waals surface area contributed by atoms with Crippen LogP contribution >= 0.6 is 11.3 Å². The summed E-state index contributed by atoms with van der Waals surface area (Å²) in [5, 5.41) is 19.3. The minimum absolute atomic E-state index is 0.0570. The molecule has 0 spiro atoms. The number of amides is 2. The lowest BCUT2D eigenvalue weighted by Gasteiger charge is -2.10. The third-order valence-corrected chi connectivity index (χ3v) is 7.16. The molecule has 0 unspecified atom stereocenters. The predicted octanol–water partition coefficient (Wildman–Crippen LogP) is 5.18. The number of anilines is 2. The summed E-state index contributed by atoms with van der Waals surface area (Å²) in [6.45, 7) is 2.31. The van der Waals surface area contributed by atoms with Gasteiger partial charge in [0.2, 0.25) is 0 Å². The smallest absolute Gasteiger partial charge is 0.264 e. The van der Waals surface area contributed by atoms with Crippen molar-refractivity contribution in [3.8, 4) is 11.3 Å². The highest BCUT2D eigenvalue weighted by molar-refractivity contribution is 7.18. The summed E-state index contributed by atoms with van der Waals surface area (Å²) in [6, 6.07) is 22.9. The summed E-state index contributed by atoms with van der Waals surface area (Å²) < 4.78 is 0. The molecule has 1 aliphatic carbocycles. The first-order valence-electron chi connectivity index (χ1n) is 12.2. The van der Waals surface area contributed by atoms with Crippen LogP contribution in [0.25, 0.3) is 11.3 Å². The van der Waals surface area contributed by atoms with Gasteiger partial charge in [0, 0.05) is 29.4 Å². The molecule has 8 heteroatoms. The molecule has 1 aromatic heterocycles. The molecule has 1 aliphatic rings. The van der Waals surface area contributed by atoms with Crippen LogP contribution in [0.5, 0.6) is 0 Å². The average Bonchev–Trinajstić information content (AvgIpc) is 3.64. The zero-order valence-corrected chi connectivity index (χ0v) is 21.3. The van der Waals surface area contributed by atoms with E-state index in [1.54, 1.807) is 0 Å². The Morgan fingerprint density at radius 1 is 0.973 bits per heavy atom. The van der Waals surface area contributed by atoms with Gasteiger partial charge in [-0.25, -0.2) is 4.98 Å². The molecular weight excluding hydrogens is 484 g/mol. The molecule has 4 N–H and O–H groups in total. The van der Waals surface area contributed by atoms with Crippen LogP contribution in [0.2, 0.25) is 0 Å². The van der Waals surface area contributed by atoms with E-state index in [-0.39, 0.29) is 24.5 Å². The monoisotopic (exact) mass is 512 g/mol. The standard InChI is InChI=1S/C29H28N4O3S/c1-18-7-10-22(27(35)31-23-13-14-23)15-24(18)32-29-33-25(21-11-8-20(17-34)9-12-21)26(37-29)28(36)30-16-19-5-3-2-4-6-19/h2-12,15,23,34H,13-14,16-17H2,1H3,(H,30,36)(H,31,35)(H,32,33). The Bertz CT molecular complexity index is 1410. The number of nitrogens with one attached hydrogen (secondary N) is 3. The van der Waals surface area contributed by atoms with E-state index in [9.17, 15) is 14.7 Å². The number of rotatable bonds is 9. The predicted molar refractivity (Wildman–Crippen MR) is 146 cm³/mol. The Morgan fingerprint density at radius 3 is 2.43 bits per heavy atom. The first kappa shape index (κ1) is 24.7. The Labute approximate surface area is 219 Å². The molecular formula is C29H28N4O3S. The SMILES string of the molecule is Cc1ccc(C(=O)NC2CC2)cc1Nc1nc(-c2ccc(CO)cc2)c(C(=O)NCc2ccccc2)s1. The first-order chi connectivity index (χ1) is 18.0. The highest BCUT2D eigenvalue weighted by Crippen LogP contribution is 2.34. The molecule has 5 rings (SSSR count). The molecule has 188 valence electrons. The van der Waals surface area contributed by atoms with Gasteiger partial charge < -0.3 is 21.1 Å². The normalized spacial score (nSPS) is 12.7. The average molecular weight is 513 g/mol. The third-order valence-electron chi connectivity index (χ3n) is 6.19.